The molecule has 0 bridgehead atoms. The summed E-state index contributed by atoms with van der Waals surface area (Å²) < 4.78 is 59.2. The monoisotopic (exact) mass is 816 g/mol. The number of nitrogens with zero attached hydrogens (tertiary/aromatic N) is 4. The smallest absolute Gasteiger partial charge is 0.407 e. The lowest BCUT2D eigenvalue weighted by atomic mass is 9.99. The van der Waals surface area contributed by atoms with E-state index in [0.29, 0.717) is 12.8 Å². The first-order valence-electron chi connectivity index (χ1n) is 20.0. The number of aromatic nitrogens is 4. The van der Waals surface area contributed by atoms with Crippen LogP contribution < -0.4 is 10.8 Å². The second-order valence-corrected chi connectivity index (χ2v) is 16.0. The number of fused-ring (bicyclic) bond motifs is 1. The van der Waals surface area contributed by atoms with Gasteiger partial charge in [-0.1, -0.05) is 114 Å². The SMILES string of the molecule is C#C[C@]1(COP(=O)(N[C@@H](Cc2ccccc2)C(=O)OCCCCCCCC)O[C@@H](C)C(=O)OCCCCCCCC)O[C@@H](n2cnc3c(N)nc(F)nc32)C[C@@H]1O. The highest BCUT2D eigenvalue weighted by Crippen LogP contribution is 2.49. The van der Waals surface area contributed by atoms with Crippen LogP contribution in [0.15, 0.2) is 36.7 Å². The molecule has 3 heterocycles. The van der Waals surface area contributed by atoms with Gasteiger partial charge in [-0.3, -0.25) is 18.4 Å². The Labute approximate surface area is 334 Å². The first-order chi connectivity index (χ1) is 27.4. The fourth-order valence-corrected chi connectivity index (χ4v) is 8.06. The van der Waals surface area contributed by atoms with Gasteiger partial charge in [0.15, 0.2) is 28.7 Å². The lowest BCUT2D eigenvalue weighted by molar-refractivity contribution is -0.152. The Balaban J connectivity index is 1.54. The van der Waals surface area contributed by atoms with Crippen LogP contribution in [0.5, 0.6) is 0 Å². The van der Waals surface area contributed by atoms with Crippen LogP contribution in [-0.4, -0.2) is 80.2 Å². The number of terminal acetylenes is 1. The highest BCUT2D eigenvalue weighted by molar-refractivity contribution is 7.51. The number of unbranched alkanes of at least 4 members (excludes halogenated alkanes) is 10. The summed E-state index contributed by atoms with van der Waals surface area (Å²) in [5, 5.41) is 14.0. The van der Waals surface area contributed by atoms with Crippen molar-refractivity contribution in [3.8, 4) is 12.3 Å². The summed E-state index contributed by atoms with van der Waals surface area (Å²) in [6.45, 7) is 5.19. The number of hydrogen-bond donors (Lipinski definition) is 3. The molecular weight excluding hydrogens is 758 g/mol. The Hall–Kier alpha value is -3.97. The lowest BCUT2D eigenvalue weighted by Crippen LogP contribution is -2.44. The third-order valence-corrected chi connectivity index (χ3v) is 11.4. The standard InChI is InChI=1S/C40H58FN6O9P/c1-5-8-10-12-14-19-23-52-37(49)29(4)56-57(51,46-31(25-30-21-17-16-18-22-30)38(50)53-24-20-15-13-11-9-6-2)54-27-40(7-3)32(48)26-33(55-40)47-28-43-34-35(42)44-39(41)45-36(34)47/h3,16-18,21-22,28-29,31-33,48H,5-6,8-15,19-20,23-27H2,1-2,4H3,(H,46,51)(H2,42,44,45)/t29-,31-,32-,33+,40+,57?/m0/s1. The zero-order chi connectivity index (χ0) is 41.3. The van der Waals surface area contributed by atoms with Crippen molar-refractivity contribution in [1.82, 2.24) is 24.6 Å². The van der Waals surface area contributed by atoms with E-state index in [-0.39, 0.29) is 43.0 Å². The van der Waals surface area contributed by atoms with Crippen molar-refractivity contribution in [1.29, 1.82) is 0 Å². The van der Waals surface area contributed by atoms with Gasteiger partial charge in [0.2, 0.25) is 0 Å². The zero-order valence-corrected chi connectivity index (χ0v) is 34.2. The number of imidazole rings is 1. The normalized spacial score (nSPS) is 20.1. The molecule has 15 nitrogen and oxygen atoms in total. The highest BCUT2D eigenvalue weighted by atomic mass is 31.2. The molecule has 314 valence electrons. The molecule has 2 aromatic heterocycles. The fraction of sp³-hybridized carbons (Fsp3) is 0.625. The van der Waals surface area contributed by atoms with Crippen molar-refractivity contribution in [2.75, 3.05) is 25.6 Å². The van der Waals surface area contributed by atoms with Crippen LogP contribution in [0.2, 0.25) is 0 Å². The topological polar surface area (TPSA) is 199 Å². The van der Waals surface area contributed by atoms with Crippen molar-refractivity contribution in [2.45, 2.75) is 141 Å². The summed E-state index contributed by atoms with van der Waals surface area (Å²) in [6.07, 6.45) is 14.0. The number of halogens is 1. The molecule has 17 heteroatoms. The number of nitrogen functional groups attached to an aromatic ring is 1. The maximum Gasteiger partial charge on any atom is 0.407 e. The largest absolute Gasteiger partial charge is 0.465 e. The number of carbonyl (C=O) groups excluding carboxylic acids is 2. The predicted octanol–water partition coefficient (Wildman–Crippen LogP) is 6.74. The number of aliphatic hydroxyl groups is 1. The summed E-state index contributed by atoms with van der Waals surface area (Å²) in [5.41, 5.74) is 4.71. The van der Waals surface area contributed by atoms with Gasteiger partial charge in [-0.25, -0.2) is 19.4 Å². The number of hydrogen-bond acceptors (Lipinski definition) is 13. The Morgan fingerprint density at radius 1 is 1.04 bits per heavy atom. The van der Waals surface area contributed by atoms with Crippen LogP contribution >= 0.6 is 7.75 Å². The number of benzene rings is 1. The van der Waals surface area contributed by atoms with Crippen molar-refractivity contribution in [3.05, 3.63) is 48.3 Å². The summed E-state index contributed by atoms with van der Waals surface area (Å²) in [4.78, 5) is 38.2. The molecule has 0 saturated carbocycles. The minimum Gasteiger partial charge on any atom is -0.465 e. The molecule has 6 atom stereocenters. The fourth-order valence-electron chi connectivity index (χ4n) is 6.43. The third kappa shape index (κ3) is 13.6. The predicted molar refractivity (Wildman–Crippen MR) is 212 cm³/mol. The van der Waals surface area contributed by atoms with Crippen LogP contribution in [-0.2, 0) is 43.8 Å². The van der Waals surface area contributed by atoms with Crippen LogP contribution in [0.1, 0.15) is 116 Å². The van der Waals surface area contributed by atoms with Gasteiger partial charge >= 0.3 is 25.8 Å². The van der Waals surface area contributed by atoms with Gasteiger partial charge in [0.1, 0.15) is 25.0 Å². The van der Waals surface area contributed by atoms with Crippen LogP contribution in [0.4, 0.5) is 10.2 Å². The molecule has 0 radical (unpaired) electrons. The molecular formula is C40H58FN6O9P. The minimum atomic E-state index is -4.70. The minimum absolute atomic E-state index is 0.00173. The Morgan fingerprint density at radius 2 is 1.65 bits per heavy atom. The Bertz CT molecular complexity index is 1810. The van der Waals surface area contributed by atoms with Crippen molar-refractivity contribution >= 4 is 36.7 Å². The van der Waals surface area contributed by atoms with Crippen molar-refractivity contribution in [2.24, 2.45) is 0 Å². The molecule has 0 aliphatic carbocycles. The zero-order valence-electron chi connectivity index (χ0n) is 33.3. The second kappa shape index (κ2) is 22.8. The molecule has 1 fully saturated rings. The van der Waals surface area contributed by atoms with Gasteiger partial charge in [0.25, 0.3) is 0 Å². The van der Waals surface area contributed by atoms with Gasteiger partial charge in [0, 0.05) is 6.42 Å². The van der Waals surface area contributed by atoms with E-state index in [1.54, 1.807) is 24.3 Å². The molecule has 1 aromatic carbocycles. The number of ether oxygens (including phenoxy) is 3. The Kier molecular flexibility index (Phi) is 18.3. The van der Waals surface area contributed by atoms with E-state index in [9.17, 15) is 23.7 Å². The van der Waals surface area contributed by atoms with Crippen LogP contribution in [0.25, 0.3) is 11.2 Å². The van der Waals surface area contributed by atoms with Gasteiger partial charge in [-0.05, 0) is 31.7 Å². The van der Waals surface area contributed by atoms with E-state index in [2.05, 4.69) is 39.8 Å². The Morgan fingerprint density at radius 3 is 2.28 bits per heavy atom. The first kappa shape index (κ1) is 45.7. The molecule has 1 aliphatic heterocycles. The van der Waals surface area contributed by atoms with E-state index < -0.39 is 62.4 Å². The molecule has 1 aliphatic rings. The summed E-state index contributed by atoms with van der Waals surface area (Å²) in [7, 11) is -4.70. The molecule has 4 N–H and O–H groups in total. The molecule has 4 rings (SSSR count). The lowest BCUT2D eigenvalue weighted by Gasteiger charge is -2.31. The van der Waals surface area contributed by atoms with Crippen LogP contribution in [0, 0.1) is 18.4 Å². The number of nitrogens with two attached hydrogens (primary N) is 1. The first-order valence-corrected chi connectivity index (χ1v) is 21.6. The van der Waals surface area contributed by atoms with E-state index in [1.807, 2.05) is 6.07 Å². The second-order valence-electron chi connectivity index (χ2n) is 14.3. The van der Waals surface area contributed by atoms with Gasteiger partial charge in [0.05, 0.1) is 19.5 Å². The number of anilines is 1. The van der Waals surface area contributed by atoms with Crippen molar-refractivity contribution in [3.63, 3.8) is 0 Å². The third-order valence-electron chi connectivity index (χ3n) is 9.73. The average Bonchev–Trinajstić information content (AvgIpc) is 3.77. The number of nitrogens with one attached hydrogen (secondary N) is 1. The number of carbonyl (C=O) groups is 2. The number of rotatable bonds is 26. The summed E-state index contributed by atoms with van der Waals surface area (Å²) in [6, 6.07) is 7.75. The van der Waals surface area contributed by atoms with E-state index in [1.165, 1.54) is 17.8 Å². The summed E-state index contributed by atoms with van der Waals surface area (Å²) >= 11 is 0. The average molecular weight is 817 g/mol. The van der Waals surface area contributed by atoms with E-state index >= 15 is 0 Å². The molecule has 57 heavy (non-hydrogen) atoms. The number of aliphatic hydroxyl groups excluding tert-OH is 1. The maximum absolute atomic E-state index is 14.8. The van der Waals surface area contributed by atoms with Gasteiger partial charge in [-0.2, -0.15) is 14.4 Å². The van der Waals surface area contributed by atoms with Gasteiger partial charge in [-0.15, -0.1) is 6.42 Å². The molecule has 1 saturated heterocycles. The maximum atomic E-state index is 14.8. The molecule has 0 amide bonds. The quantitative estimate of drug-likeness (QED) is 0.0253. The van der Waals surface area contributed by atoms with Crippen LogP contribution in [0.3, 0.4) is 0 Å². The summed E-state index contributed by atoms with van der Waals surface area (Å²) in [5.74, 6) is 0.721. The van der Waals surface area contributed by atoms with Crippen molar-refractivity contribution < 1.29 is 46.9 Å². The van der Waals surface area contributed by atoms with E-state index in [0.717, 1.165) is 69.8 Å². The highest BCUT2D eigenvalue weighted by Gasteiger charge is 2.50. The van der Waals surface area contributed by atoms with E-state index in [4.69, 9.17) is 35.4 Å². The van der Waals surface area contributed by atoms with Gasteiger partial charge < -0.3 is 25.1 Å². The molecule has 0 spiro atoms. The number of esters is 2. The molecule has 3 aromatic rings. The molecule has 1 unspecified atom stereocenters.